The average molecular weight is 521 g/mol. The maximum absolute atomic E-state index is 11.8. The number of nitrogens with zero attached hydrogens (tertiary/aromatic N) is 3. The van der Waals surface area contributed by atoms with Crippen molar-refractivity contribution in [3.63, 3.8) is 0 Å². The monoisotopic (exact) mass is 521 g/mol. The Balaban J connectivity index is 0.00000392. The summed E-state index contributed by atoms with van der Waals surface area (Å²) in [7, 11) is 3.44. The van der Waals surface area contributed by atoms with Crippen LogP contribution in [0.4, 0.5) is 10.5 Å². The first-order valence-corrected chi connectivity index (χ1v) is 10.1. The number of hydrogen-bond acceptors (Lipinski definition) is 5. The Morgan fingerprint density at radius 3 is 2.57 bits per heavy atom. The van der Waals surface area contributed by atoms with Crippen LogP contribution in [-0.2, 0) is 16.1 Å². The number of guanidine groups is 1. The van der Waals surface area contributed by atoms with Gasteiger partial charge in [-0.25, -0.2) is 9.79 Å². The van der Waals surface area contributed by atoms with Crippen LogP contribution in [0.25, 0.3) is 0 Å². The highest BCUT2D eigenvalue weighted by molar-refractivity contribution is 14.0. The molecule has 1 aromatic rings. The van der Waals surface area contributed by atoms with E-state index < -0.39 is 0 Å². The molecule has 0 atom stereocenters. The van der Waals surface area contributed by atoms with Gasteiger partial charge in [-0.05, 0) is 24.0 Å². The molecule has 0 aliphatic carbocycles. The van der Waals surface area contributed by atoms with Gasteiger partial charge in [0.15, 0.2) is 5.96 Å². The lowest BCUT2D eigenvalue weighted by Crippen LogP contribution is -2.43. The maximum atomic E-state index is 11.8. The number of halogens is 1. The van der Waals surface area contributed by atoms with Gasteiger partial charge < -0.3 is 20.3 Å². The largest absolute Gasteiger partial charge is 0.447 e. The number of carbonyl (C=O) groups excluding carboxylic acids is 2. The van der Waals surface area contributed by atoms with Crippen LogP contribution in [0, 0.1) is 0 Å². The molecule has 0 bridgehead atoms. The second kappa shape index (κ2) is 12.7. The summed E-state index contributed by atoms with van der Waals surface area (Å²) in [5, 5.41) is 6.29. The van der Waals surface area contributed by atoms with Crippen LogP contribution in [0.5, 0.6) is 0 Å². The summed E-state index contributed by atoms with van der Waals surface area (Å²) in [6.07, 6.45) is 1.73. The summed E-state index contributed by atoms with van der Waals surface area (Å²) in [6, 6.07) is 7.66. The topological polar surface area (TPSA) is 86.3 Å². The third-order valence-electron chi connectivity index (χ3n) is 3.93. The van der Waals surface area contributed by atoms with Crippen LogP contribution >= 0.6 is 35.7 Å². The van der Waals surface area contributed by atoms with E-state index in [0.717, 1.165) is 23.5 Å². The Morgan fingerprint density at radius 1 is 1.29 bits per heavy atom. The number of anilines is 1. The summed E-state index contributed by atoms with van der Waals surface area (Å²) in [5.74, 6) is 1.53. The number of nitrogens with one attached hydrogen (secondary N) is 2. The molecule has 1 aromatic carbocycles. The van der Waals surface area contributed by atoms with Crippen LogP contribution in [-0.4, -0.2) is 75.2 Å². The molecule has 1 fully saturated rings. The Bertz CT molecular complexity index is 670. The lowest BCUT2D eigenvalue weighted by Gasteiger charge is -2.15. The molecule has 2 N–H and O–H groups in total. The molecule has 28 heavy (non-hydrogen) atoms. The SMILES string of the molecule is CSCCNC(=NCc1ccc(N2CCOC2=O)cc1)NCC(=O)N(C)C.I. The number of hydrogen-bond donors (Lipinski definition) is 2. The molecular weight excluding hydrogens is 493 g/mol. The maximum Gasteiger partial charge on any atom is 0.414 e. The molecule has 0 aromatic heterocycles. The van der Waals surface area contributed by atoms with Crippen LogP contribution in [0.1, 0.15) is 5.56 Å². The zero-order valence-corrected chi connectivity index (χ0v) is 19.6. The van der Waals surface area contributed by atoms with Crippen molar-refractivity contribution in [1.29, 1.82) is 0 Å². The van der Waals surface area contributed by atoms with E-state index in [2.05, 4.69) is 15.6 Å². The van der Waals surface area contributed by atoms with E-state index in [-0.39, 0.29) is 42.5 Å². The molecule has 156 valence electrons. The van der Waals surface area contributed by atoms with E-state index in [9.17, 15) is 9.59 Å². The lowest BCUT2D eigenvalue weighted by molar-refractivity contribution is -0.127. The standard InChI is InChI=1S/C18H27N5O3S.HI/c1-22(2)16(24)13-21-17(19-8-11-27-3)20-12-14-4-6-15(7-5-14)23-9-10-26-18(23)25;/h4-7H,8-13H2,1-3H3,(H2,19,20,21);1H. The number of cyclic esters (lactones) is 1. The van der Waals surface area contributed by atoms with Gasteiger partial charge >= 0.3 is 6.09 Å². The fraction of sp³-hybridized carbons (Fsp3) is 0.500. The number of thioether (sulfide) groups is 1. The molecule has 2 rings (SSSR count). The summed E-state index contributed by atoms with van der Waals surface area (Å²) >= 11 is 1.74. The van der Waals surface area contributed by atoms with Crippen molar-refractivity contribution in [2.45, 2.75) is 6.54 Å². The summed E-state index contributed by atoms with van der Waals surface area (Å²) in [5.41, 5.74) is 1.83. The number of ether oxygens (including phenoxy) is 1. The minimum absolute atomic E-state index is 0. The number of aliphatic imine (C=N–C) groups is 1. The van der Waals surface area contributed by atoms with E-state index in [1.165, 1.54) is 4.90 Å². The first kappa shape index (κ1) is 24.3. The number of benzene rings is 1. The van der Waals surface area contributed by atoms with Gasteiger partial charge in [-0.3, -0.25) is 9.69 Å². The van der Waals surface area contributed by atoms with Gasteiger partial charge in [-0.2, -0.15) is 11.8 Å². The predicted octanol–water partition coefficient (Wildman–Crippen LogP) is 1.75. The van der Waals surface area contributed by atoms with Gasteiger partial charge in [-0.1, -0.05) is 12.1 Å². The second-order valence-electron chi connectivity index (χ2n) is 6.16. The van der Waals surface area contributed by atoms with Crippen LogP contribution in [0.15, 0.2) is 29.3 Å². The molecule has 1 aliphatic rings. The van der Waals surface area contributed by atoms with Gasteiger partial charge in [0.05, 0.1) is 19.6 Å². The fourth-order valence-corrected chi connectivity index (χ4v) is 2.65. The van der Waals surface area contributed by atoms with Crippen molar-refractivity contribution in [2.24, 2.45) is 4.99 Å². The summed E-state index contributed by atoms with van der Waals surface area (Å²) in [6.45, 7) is 2.42. The van der Waals surface area contributed by atoms with E-state index in [1.807, 2.05) is 30.5 Å². The zero-order chi connectivity index (χ0) is 19.6. The van der Waals surface area contributed by atoms with E-state index in [1.54, 1.807) is 30.8 Å². The number of amides is 2. The second-order valence-corrected chi connectivity index (χ2v) is 7.14. The van der Waals surface area contributed by atoms with Gasteiger partial charge in [-0.15, -0.1) is 24.0 Å². The van der Waals surface area contributed by atoms with Crippen molar-refractivity contribution in [2.75, 3.05) is 57.2 Å². The van der Waals surface area contributed by atoms with Gasteiger partial charge in [0, 0.05) is 32.1 Å². The minimum Gasteiger partial charge on any atom is -0.447 e. The molecule has 0 unspecified atom stereocenters. The Labute approximate surface area is 187 Å². The number of likely N-dealkylation sites (N-methyl/N-ethyl adjacent to an activating group) is 1. The average Bonchev–Trinajstić information content (AvgIpc) is 3.09. The summed E-state index contributed by atoms with van der Waals surface area (Å²) < 4.78 is 4.95. The molecule has 8 nitrogen and oxygen atoms in total. The highest BCUT2D eigenvalue weighted by atomic mass is 127. The summed E-state index contributed by atoms with van der Waals surface area (Å²) in [4.78, 5) is 31.1. The predicted molar refractivity (Wildman–Crippen MR) is 125 cm³/mol. The molecule has 1 heterocycles. The highest BCUT2D eigenvalue weighted by Gasteiger charge is 2.23. The zero-order valence-electron chi connectivity index (χ0n) is 16.4. The van der Waals surface area contributed by atoms with Gasteiger partial charge in [0.1, 0.15) is 6.61 Å². The molecular formula is C18H28IN5O3S. The van der Waals surface area contributed by atoms with Crippen molar-refractivity contribution >= 4 is 59.4 Å². The third-order valence-corrected chi connectivity index (χ3v) is 4.55. The molecule has 1 aliphatic heterocycles. The van der Waals surface area contributed by atoms with Crippen LogP contribution < -0.4 is 15.5 Å². The first-order chi connectivity index (χ1) is 13.0. The van der Waals surface area contributed by atoms with E-state index in [4.69, 9.17) is 4.74 Å². The third kappa shape index (κ3) is 7.74. The fourth-order valence-electron chi connectivity index (χ4n) is 2.34. The smallest absolute Gasteiger partial charge is 0.414 e. The Morgan fingerprint density at radius 2 is 2.00 bits per heavy atom. The Hall–Kier alpha value is -1.69. The molecule has 0 spiro atoms. The van der Waals surface area contributed by atoms with Gasteiger partial charge in [0.25, 0.3) is 0 Å². The Kier molecular flexibility index (Phi) is 11.0. The van der Waals surface area contributed by atoms with Gasteiger partial charge in [0.2, 0.25) is 5.91 Å². The van der Waals surface area contributed by atoms with Crippen molar-refractivity contribution in [1.82, 2.24) is 15.5 Å². The molecule has 0 saturated carbocycles. The quantitative estimate of drug-likeness (QED) is 0.235. The van der Waals surface area contributed by atoms with Crippen molar-refractivity contribution in [3.8, 4) is 0 Å². The van der Waals surface area contributed by atoms with Crippen molar-refractivity contribution in [3.05, 3.63) is 29.8 Å². The molecule has 1 saturated heterocycles. The number of carbonyl (C=O) groups is 2. The first-order valence-electron chi connectivity index (χ1n) is 8.75. The van der Waals surface area contributed by atoms with E-state index >= 15 is 0 Å². The molecule has 0 radical (unpaired) electrons. The van der Waals surface area contributed by atoms with E-state index in [0.29, 0.717) is 25.7 Å². The lowest BCUT2D eigenvalue weighted by atomic mass is 10.2. The van der Waals surface area contributed by atoms with Crippen molar-refractivity contribution < 1.29 is 14.3 Å². The molecule has 2 amide bonds. The van der Waals surface area contributed by atoms with Crippen LogP contribution in [0.3, 0.4) is 0 Å². The highest BCUT2D eigenvalue weighted by Crippen LogP contribution is 2.19. The number of rotatable bonds is 8. The molecule has 10 heteroatoms. The normalized spacial score (nSPS) is 13.6. The minimum atomic E-state index is -0.309. The van der Waals surface area contributed by atoms with Crippen LogP contribution in [0.2, 0.25) is 0 Å².